The third-order valence-electron chi connectivity index (χ3n) is 4.00. The van der Waals surface area contributed by atoms with Gasteiger partial charge < -0.3 is 19.6 Å². The summed E-state index contributed by atoms with van der Waals surface area (Å²) in [6.07, 6.45) is 5.00. The van der Waals surface area contributed by atoms with Crippen molar-refractivity contribution in [3.8, 4) is 0 Å². The normalized spacial score (nSPS) is 21.1. The highest BCUT2D eigenvalue weighted by Gasteiger charge is 2.35. The van der Waals surface area contributed by atoms with Gasteiger partial charge in [0.2, 0.25) is 0 Å². The topological polar surface area (TPSA) is 97.9 Å². The number of hydrogen-bond donors (Lipinski definition) is 2. The lowest BCUT2D eigenvalue weighted by atomic mass is 9.79. The first-order valence-corrected chi connectivity index (χ1v) is 6.87. The molecular formula is C13H18N6O2. The van der Waals surface area contributed by atoms with Crippen LogP contribution in [0.15, 0.2) is 12.4 Å². The van der Waals surface area contributed by atoms with Crippen molar-refractivity contribution >= 4 is 5.91 Å². The molecule has 0 aromatic carbocycles. The Hall–Kier alpha value is -2.22. The van der Waals surface area contributed by atoms with Crippen LogP contribution >= 0.6 is 0 Å². The monoisotopic (exact) mass is 290 g/mol. The van der Waals surface area contributed by atoms with Crippen LogP contribution in [0.3, 0.4) is 0 Å². The summed E-state index contributed by atoms with van der Waals surface area (Å²) in [6.45, 7) is -0.116. The van der Waals surface area contributed by atoms with E-state index in [1.54, 1.807) is 24.0 Å². The van der Waals surface area contributed by atoms with Crippen molar-refractivity contribution in [3.05, 3.63) is 29.9 Å². The van der Waals surface area contributed by atoms with Crippen LogP contribution in [0.2, 0.25) is 0 Å². The number of carbonyl (C=O) groups is 1. The Labute approximate surface area is 121 Å². The second-order valence-corrected chi connectivity index (χ2v) is 5.39. The summed E-state index contributed by atoms with van der Waals surface area (Å²) >= 11 is 0. The predicted octanol–water partition coefficient (Wildman–Crippen LogP) is -0.283. The van der Waals surface area contributed by atoms with Crippen molar-refractivity contribution in [3.63, 3.8) is 0 Å². The van der Waals surface area contributed by atoms with E-state index in [2.05, 4.69) is 20.5 Å². The first-order chi connectivity index (χ1) is 10.1. The molecule has 21 heavy (non-hydrogen) atoms. The highest BCUT2D eigenvalue weighted by atomic mass is 16.3. The summed E-state index contributed by atoms with van der Waals surface area (Å²) < 4.78 is 3.52. The molecule has 1 aliphatic carbocycles. The minimum absolute atomic E-state index is 0.116. The van der Waals surface area contributed by atoms with Crippen LogP contribution in [-0.4, -0.2) is 41.4 Å². The highest BCUT2D eigenvalue weighted by Crippen LogP contribution is 2.35. The number of rotatable bonds is 4. The van der Waals surface area contributed by atoms with Gasteiger partial charge in [-0.3, -0.25) is 4.79 Å². The number of aromatic nitrogens is 5. The fourth-order valence-electron chi connectivity index (χ4n) is 2.65. The molecular weight excluding hydrogens is 272 g/mol. The van der Waals surface area contributed by atoms with E-state index in [0.29, 0.717) is 11.6 Å². The van der Waals surface area contributed by atoms with E-state index in [9.17, 15) is 4.79 Å². The van der Waals surface area contributed by atoms with Crippen LogP contribution in [0, 0.1) is 0 Å². The molecule has 112 valence electrons. The van der Waals surface area contributed by atoms with Crippen LogP contribution in [0.25, 0.3) is 0 Å². The molecule has 3 rings (SSSR count). The Morgan fingerprint density at radius 3 is 2.76 bits per heavy atom. The molecule has 2 heterocycles. The van der Waals surface area contributed by atoms with Crippen LogP contribution in [-0.2, 0) is 20.7 Å². The predicted molar refractivity (Wildman–Crippen MR) is 73.4 cm³/mol. The van der Waals surface area contributed by atoms with Crippen molar-refractivity contribution in [1.29, 1.82) is 0 Å². The average Bonchev–Trinajstić information content (AvgIpc) is 2.99. The van der Waals surface area contributed by atoms with Crippen molar-refractivity contribution in [2.75, 3.05) is 0 Å². The lowest BCUT2D eigenvalue weighted by molar-refractivity contribution is 0.0893. The molecule has 0 radical (unpaired) electrons. The van der Waals surface area contributed by atoms with Gasteiger partial charge in [-0.05, 0) is 12.8 Å². The summed E-state index contributed by atoms with van der Waals surface area (Å²) in [4.78, 5) is 16.1. The van der Waals surface area contributed by atoms with Gasteiger partial charge in [0.05, 0.1) is 0 Å². The molecule has 1 amide bonds. The average molecular weight is 290 g/mol. The summed E-state index contributed by atoms with van der Waals surface area (Å²) in [5.41, 5.74) is 0. The second kappa shape index (κ2) is 5.28. The molecule has 0 unspecified atom stereocenters. The maximum absolute atomic E-state index is 12.0. The van der Waals surface area contributed by atoms with Crippen molar-refractivity contribution < 1.29 is 9.90 Å². The van der Waals surface area contributed by atoms with Gasteiger partial charge >= 0.3 is 0 Å². The zero-order chi connectivity index (χ0) is 15.0. The van der Waals surface area contributed by atoms with Gasteiger partial charge in [-0.15, -0.1) is 10.2 Å². The maximum atomic E-state index is 12.0. The van der Waals surface area contributed by atoms with Gasteiger partial charge in [-0.2, -0.15) is 0 Å². The molecule has 0 saturated heterocycles. The standard InChI is InChI=1S/C13H18N6O2/c1-18-4-3-14-12(18)13(21)15-9-5-8(6-9)11-17-16-10(7-20)19(11)2/h3-4,8-9,20H,5-7H2,1-2H3,(H,15,21). The van der Waals surface area contributed by atoms with Crippen LogP contribution in [0.5, 0.6) is 0 Å². The molecule has 1 saturated carbocycles. The first kappa shape index (κ1) is 13.7. The quantitative estimate of drug-likeness (QED) is 0.807. The van der Waals surface area contributed by atoms with E-state index in [1.165, 1.54) is 0 Å². The Bertz CT molecular complexity index is 655. The molecule has 8 nitrogen and oxygen atoms in total. The van der Waals surface area contributed by atoms with Crippen LogP contribution < -0.4 is 5.32 Å². The van der Waals surface area contributed by atoms with Crippen LogP contribution in [0.4, 0.5) is 0 Å². The number of hydrogen-bond acceptors (Lipinski definition) is 5. The fraction of sp³-hybridized carbons (Fsp3) is 0.538. The fourth-order valence-corrected chi connectivity index (χ4v) is 2.65. The Balaban J connectivity index is 1.57. The van der Waals surface area contributed by atoms with Gasteiger partial charge in [0, 0.05) is 38.4 Å². The minimum Gasteiger partial charge on any atom is -0.388 e. The summed E-state index contributed by atoms with van der Waals surface area (Å²) in [5, 5.41) is 20.1. The number of carbonyl (C=O) groups excluding carboxylic acids is 1. The largest absolute Gasteiger partial charge is 0.388 e. The lowest BCUT2D eigenvalue weighted by Gasteiger charge is -2.34. The molecule has 2 aromatic rings. The molecule has 1 fully saturated rings. The number of aliphatic hydroxyl groups is 1. The molecule has 0 spiro atoms. The molecule has 0 atom stereocenters. The highest BCUT2D eigenvalue weighted by molar-refractivity contribution is 5.91. The van der Waals surface area contributed by atoms with Gasteiger partial charge in [0.25, 0.3) is 5.91 Å². The Kier molecular flexibility index (Phi) is 3.46. The van der Waals surface area contributed by atoms with Crippen molar-refractivity contribution in [2.24, 2.45) is 14.1 Å². The first-order valence-electron chi connectivity index (χ1n) is 6.87. The zero-order valence-electron chi connectivity index (χ0n) is 12.0. The molecule has 2 aromatic heterocycles. The van der Waals surface area contributed by atoms with Crippen LogP contribution in [0.1, 0.15) is 41.0 Å². The number of amides is 1. The van der Waals surface area contributed by atoms with E-state index < -0.39 is 0 Å². The Morgan fingerprint density at radius 1 is 1.43 bits per heavy atom. The number of aryl methyl sites for hydroxylation is 1. The summed E-state index contributed by atoms with van der Waals surface area (Å²) in [7, 11) is 3.64. The van der Waals surface area contributed by atoms with E-state index in [1.807, 2.05) is 11.6 Å². The number of aliphatic hydroxyl groups excluding tert-OH is 1. The zero-order valence-corrected chi connectivity index (χ0v) is 12.0. The van der Waals surface area contributed by atoms with Gasteiger partial charge in [0.15, 0.2) is 11.6 Å². The lowest BCUT2D eigenvalue weighted by Crippen LogP contribution is -2.44. The minimum atomic E-state index is -0.153. The molecule has 1 aliphatic rings. The smallest absolute Gasteiger partial charge is 0.287 e. The summed E-state index contributed by atoms with van der Waals surface area (Å²) in [6, 6.07) is 0.133. The third kappa shape index (κ3) is 2.42. The molecule has 0 aliphatic heterocycles. The van der Waals surface area contributed by atoms with E-state index >= 15 is 0 Å². The van der Waals surface area contributed by atoms with E-state index in [4.69, 9.17) is 5.11 Å². The number of nitrogens with one attached hydrogen (secondary N) is 1. The van der Waals surface area contributed by atoms with Crippen molar-refractivity contribution in [1.82, 2.24) is 29.6 Å². The van der Waals surface area contributed by atoms with Crippen molar-refractivity contribution in [2.45, 2.75) is 31.4 Å². The third-order valence-corrected chi connectivity index (χ3v) is 4.00. The van der Waals surface area contributed by atoms with Gasteiger partial charge in [-0.1, -0.05) is 0 Å². The SMILES string of the molecule is Cn1ccnc1C(=O)NC1CC(c2nnc(CO)n2C)C1. The van der Waals surface area contributed by atoms with E-state index in [-0.39, 0.29) is 24.5 Å². The second-order valence-electron chi connectivity index (χ2n) is 5.39. The molecule has 2 N–H and O–H groups in total. The molecule has 8 heteroatoms. The van der Waals surface area contributed by atoms with E-state index in [0.717, 1.165) is 18.7 Å². The number of nitrogens with zero attached hydrogens (tertiary/aromatic N) is 5. The Morgan fingerprint density at radius 2 is 2.19 bits per heavy atom. The maximum Gasteiger partial charge on any atom is 0.287 e. The molecule has 0 bridgehead atoms. The summed E-state index contributed by atoms with van der Waals surface area (Å²) in [5.74, 6) is 1.96. The van der Waals surface area contributed by atoms with Gasteiger partial charge in [0.1, 0.15) is 12.4 Å². The van der Waals surface area contributed by atoms with Gasteiger partial charge in [-0.25, -0.2) is 4.98 Å². The number of imidazole rings is 1.